The number of para-hydroxylation sites is 2. The molecule has 1 N–H and O–H groups in total. The van der Waals surface area contributed by atoms with Crippen molar-refractivity contribution in [2.24, 2.45) is 0 Å². The minimum absolute atomic E-state index is 0.276. The van der Waals surface area contributed by atoms with Gasteiger partial charge in [-0.25, -0.2) is 0 Å². The third kappa shape index (κ3) is 4.94. The van der Waals surface area contributed by atoms with Gasteiger partial charge in [0.1, 0.15) is 6.54 Å². The molecule has 1 aliphatic rings. The highest BCUT2D eigenvalue weighted by molar-refractivity contribution is 8.18. The number of hydrogen-bond acceptors (Lipinski definition) is 4. The number of rotatable bonds is 6. The first-order chi connectivity index (χ1) is 19.0. The number of benzene rings is 4. The fourth-order valence-electron chi connectivity index (χ4n) is 4.81. The van der Waals surface area contributed by atoms with E-state index in [0.717, 1.165) is 33.1 Å². The van der Waals surface area contributed by atoms with Crippen LogP contribution in [0.25, 0.3) is 27.8 Å². The van der Waals surface area contributed by atoms with Crippen LogP contribution in [0.2, 0.25) is 5.02 Å². The molecule has 0 aliphatic carbocycles. The van der Waals surface area contributed by atoms with Gasteiger partial charge in [-0.05, 0) is 52.4 Å². The summed E-state index contributed by atoms with van der Waals surface area (Å²) < 4.78 is 2.16. The van der Waals surface area contributed by atoms with Crippen LogP contribution >= 0.6 is 23.4 Å². The summed E-state index contributed by atoms with van der Waals surface area (Å²) in [5.74, 6) is -0.997. The molecular weight excluding hydrogens is 530 g/mol. The molecule has 6 rings (SSSR count). The number of imide groups is 1. The molecule has 0 spiro atoms. The Morgan fingerprint density at radius 3 is 2.44 bits per heavy atom. The Morgan fingerprint density at radius 2 is 1.59 bits per heavy atom. The first-order valence-electron chi connectivity index (χ1n) is 12.3. The second-order valence-electron chi connectivity index (χ2n) is 9.16. The van der Waals surface area contributed by atoms with Crippen LogP contribution in [0.3, 0.4) is 0 Å². The first-order valence-corrected chi connectivity index (χ1v) is 13.5. The summed E-state index contributed by atoms with van der Waals surface area (Å²) >= 11 is 6.94. The third-order valence-electron chi connectivity index (χ3n) is 6.65. The predicted molar refractivity (Wildman–Crippen MR) is 158 cm³/mol. The number of nitrogens with one attached hydrogen (secondary N) is 1. The molecule has 0 saturated carbocycles. The molecule has 1 aromatic heterocycles. The highest BCUT2D eigenvalue weighted by Crippen LogP contribution is 2.34. The van der Waals surface area contributed by atoms with Crippen LogP contribution in [-0.2, 0) is 16.1 Å². The molecule has 1 saturated heterocycles. The normalized spacial score (nSPS) is 14.6. The molecular formula is C31H22ClN3O3S. The largest absolute Gasteiger partial charge is 0.342 e. The number of aromatic nitrogens is 1. The van der Waals surface area contributed by atoms with Crippen molar-refractivity contribution in [3.05, 3.63) is 118 Å². The van der Waals surface area contributed by atoms with Gasteiger partial charge < -0.3 is 9.88 Å². The number of amides is 3. The Hall–Kier alpha value is -4.33. The lowest BCUT2D eigenvalue weighted by Gasteiger charge is -2.13. The van der Waals surface area contributed by atoms with Crippen LogP contribution < -0.4 is 5.32 Å². The summed E-state index contributed by atoms with van der Waals surface area (Å²) in [6, 6.07) is 29.3. The average Bonchev–Trinajstić information content (AvgIpc) is 3.42. The molecule has 0 bridgehead atoms. The monoisotopic (exact) mass is 551 g/mol. The van der Waals surface area contributed by atoms with Crippen LogP contribution in [0.1, 0.15) is 11.1 Å². The minimum atomic E-state index is -0.502. The average molecular weight is 552 g/mol. The second-order valence-corrected chi connectivity index (χ2v) is 10.6. The SMILES string of the molecule is O=C(CN1C(=O)S/C(=C/c2cn(Cc3cccc4ccccc34)c3ccccc23)C1=O)Nc1ccccc1Cl. The lowest BCUT2D eigenvalue weighted by molar-refractivity contribution is -0.127. The number of nitrogens with zero attached hydrogens (tertiary/aromatic N) is 2. The van der Waals surface area contributed by atoms with Gasteiger partial charge in [0.15, 0.2) is 0 Å². The third-order valence-corrected chi connectivity index (χ3v) is 7.89. The van der Waals surface area contributed by atoms with Crippen molar-refractivity contribution in [2.45, 2.75) is 6.54 Å². The van der Waals surface area contributed by atoms with E-state index in [0.29, 0.717) is 17.3 Å². The summed E-state index contributed by atoms with van der Waals surface area (Å²) in [6.07, 6.45) is 3.74. The highest BCUT2D eigenvalue weighted by atomic mass is 35.5. The van der Waals surface area contributed by atoms with Gasteiger partial charge in [0.05, 0.1) is 15.6 Å². The molecule has 5 aromatic rings. The molecule has 1 aliphatic heterocycles. The molecule has 39 heavy (non-hydrogen) atoms. The number of anilines is 1. The summed E-state index contributed by atoms with van der Waals surface area (Å²) in [4.78, 5) is 39.7. The summed E-state index contributed by atoms with van der Waals surface area (Å²) in [6.45, 7) is 0.259. The highest BCUT2D eigenvalue weighted by Gasteiger charge is 2.36. The van der Waals surface area contributed by atoms with Crippen LogP contribution in [0, 0.1) is 0 Å². The maximum absolute atomic E-state index is 13.2. The molecule has 6 nitrogen and oxygen atoms in total. The van der Waals surface area contributed by atoms with E-state index < -0.39 is 23.6 Å². The van der Waals surface area contributed by atoms with Crippen LogP contribution in [0.5, 0.6) is 0 Å². The molecule has 192 valence electrons. The van der Waals surface area contributed by atoms with Crippen molar-refractivity contribution in [3.63, 3.8) is 0 Å². The number of thioether (sulfide) groups is 1. The van der Waals surface area contributed by atoms with E-state index in [1.54, 1.807) is 30.3 Å². The molecule has 8 heteroatoms. The van der Waals surface area contributed by atoms with Gasteiger partial charge in [0.2, 0.25) is 5.91 Å². The van der Waals surface area contributed by atoms with E-state index in [1.165, 1.54) is 16.3 Å². The molecule has 2 heterocycles. The lowest BCUT2D eigenvalue weighted by atomic mass is 10.0. The van der Waals surface area contributed by atoms with Gasteiger partial charge in [-0.1, -0.05) is 84.4 Å². The van der Waals surface area contributed by atoms with Gasteiger partial charge in [0, 0.05) is 29.2 Å². The Labute approximate surface area is 233 Å². The first kappa shape index (κ1) is 25.0. The van der Waals surface area contributed by atoms with Crippen molar-refractivity contribution in [3.8, 4) is 0 Å². The van der Waals surface area contributed by atoms with Crippen molar-refractivity contribution in [2.75, 3.05) is 11.9 Å². The molecule has 0 unspecified atom stereocenters. The van der Waals surface area contributed by atoms with E-state index in [2.05, 4.69) is 40.2 Å². The summed E-state index contributed by atoms with van der Waals surface area (Å²) in [7, 11) is 0. The fraction of sp³-hybridized carbons (Fsp3) is 0.0645. The van der Waals surface area contributed by atoms with Crippen molar-refractivity contribution >= 4 is 73.9 Å². The standard InChI is InChI=1S/C31H22ClN3O3S/c32-25-13-4-5-14-26(25)33-29(36)19-35-30(37)28(39-31(35)38)16-22-18-34(27-15-6-3-12-24(22)27)17-21-10-7-9-20-8-1-2-11-23(20)21/h1-16,18H,17,19H2,(H,33,36)/b28-16+. The number of carbonyl (C=O) groups excluding carboxylic acids is 3. The van der Waals surface area contributed by atoms with E-state index >= 15 is 0 Å². The van der Waals surface area contributed by atoms with Gasteiger partial charge >= 0.3 is 0 Å². The zero-order chi connectivity index (χ0) is 26.9. The Balaban J connectivity index is 1.27. The van der Waals surface area contributed by atoms with Crippen molar-refractivity contribution in [1.82, 2.24) is 9.47 Å². The number of hydrogen-bond donors (Lipinski definition) is 1. The number of halogens is 1. The maximum Gasteiger partial charge on any atom is 0.294 e. The fourth-order valence-corrected chi connectivity index (χ4v) is 5.82. The smallest absolute Gasteiger partial charge is 0.294 e. The van der Waals surface area contributed by atoms with E-state index in [9.17, 15) is 14.4 Å². The van der Waals surface area contributed by atoms with E-state index in [4.69, 9.17) is 11.6 Å². The summed E-state index contributed by atoms with van der Waals surface area (Å²) in [5.41, 5.74) is 3.46. The lowest BCUT2D eigenvalue weighted by Crippen LogP contribution is -2.36. The van der Waals surface area contributed by atoms with Crippen LogP contribution in [-0.4, -0.2) is 33.1 Å². The molecule has 3 amide bonds. The molecule has 0 radical (unpaired) electrons. The quantitative estimate of drug-likeness (QED) is 0.227. The zero-order valence-electron chi connectivity index (χ0n) is 20.6. The zero-order valence-corrected chi connectivity index (χ0v) is 22.2. The van der Waals surface area contributed by atoms with E-state index in [1.807, 2.05) is 42.6 Å². The van der Waals surface area contributed by atoms with Crippen LogP contribution in [0.4, 0.5) is 10.5 Å². The van der Waals surface area contributed by atoms with Gasteiger partial charge in [-0.15, -0.1) is 0 Å². The van der Waals surface area contributed by atoms with Gasteiger partial charge in [-0.2, -0.15) is 0 Å². The maximum atomic E-state index is 13.2. The molecule has 4 aromatic carbocycles. The van der Waals surface area contributed by atoms with Gasteiger partial charge in [0.25, 0.3) is 11.1 Å². The van der Waals surface area contributed by atoms with E-state index in [-0.39, 0.29) is 4.91 Å². The Morgan fingerprint density at radius 1 is 0.872 bits per heavy atom. The molecule has 0 atom stereocenters. The topological polar surface area (TPSA) is 71.4 Å². The van der Waals surface area contributed by atoms with Crippen molar-refractivity contribution < 1.29 is 14.4 Å². The Kier molecular flexibility index (Phi) is 6.69. The minimum Gasteiger partial charge on any atom is -0.342 e. The Bertz CT molecular complexity index is 1800. The summed E-state index contributed by atoms with van der Waals surface area (Å²) in [5, 5.41) is 5.89. The predicted octanol–water partition coefficient (Wildman–Crippen LogP) is 7.17. The number of fused-ring (bicyclic) bond motifs is 2. The van der Waals surface area contributed by atoms with Crippen LogP contribution in [0.15, 0.2) is 102 Å². The molecule has 1 fully saturated rings. The number of carbonyl (C=O) groups is 3. The second kappa shape index (κ2) is 10.4. The van der Waals surface area contributed by atoms with Crippen molar-refractivity contribution in [1.29, 1.82) is 0 Å². The van der Waals surface area contributed by atoms with Gasteiger partial charge in [-0.3, -0.25) is 19.3 Å².